The Balaban J connectivity index is 2.49. The minimum Gasteiger partial charge on any atom is -0.262 e. The van der Waals surface area contributed by atoms with Crippen molar-refractivity contribution in [2.45, 2.75) is 11.8 Å². The number of hydrogen-bond acceptors (Lipinski definition) is 4. The second-order valence-corrected chi connectivity index (χ2v) is 6.21. The molecule has 0 aliphatic rings. The van der Waals surface area contributed by atoms with Gasteiger partial charge in [-0.05, 0) is 36.8 Å². The van der Waals surface area contributed by atoms with E-state index in [1.54, 1.807) is 0 Å². The van der Waals surface area contributed by atoms with Gasteiger partial charge in [-0.3, -0.25) is 4.72 Å². The molecule has 21 heavy (non-hydrogen) atoms. The predicted octanol–water partition coefficient (Wildman–Crippen LogP) is 2.86. The molecular formula is C13H9ClFN3O2S. The lowest BCUT2D eigenvalue weighted by Gasteiger charge is -2.10. The van der Waals surface area contributed by atoms with Crippen LogP contribution in [-0.4, -0.2) is 13.4 Å². The number of aryl methyl sites for hydroxylation is 1. The Labute approximate surface area is 126 Å². The van der Waals surface area contributed by atoms with E-state index in [4.69, 9.17) is 16.9 Å². The molecule has 0 saturated heterocycles. The van der Waals surface area contributed by atoms with Crippen LogP contribution in [0.5, 0.6) is 0 Å². The van der Waals surface area contributed by atoms with Crippen LogP contribution in [0.3, 0.4) is 0 Å². The summed E-state index contributed by atoms with van der Waals surface area (Å²) in [6.07, 6.45) is 1.34. The summed E-state index contributed by atoms with van der Waals surface area (Å²) < 4.78 is 40.1. The second-order valence-electron chi connectivity index (χ2n) is 4.15. The minimum atomic E-state index is -4.08. The molecule has 0 aliphatic carbocycles. The lowest BCUT2D eigenvalue weighted by molar-refractivity contribution is 0.598. The average Bonchev–Trinajstić information content (AvgIpc) is 2.43. The average molecular weight is 326 g/mol. The van der Waals surface area contributed by atoms with Crippen LogP contribution in [0, 0.1) is 24.1 Å². The van der Waals surface area contributed by atoms with E-state index in [2.05, 4.69) is 9.71 Å². The second kappa shape index (κ2) is 5.68. The van der Waals surface area contributed by atoms with Crippen molar-refractivity contribution in [1.29, 1.82) is 5.26 Å². The molecule has 1 aromatic carbocycles. The van der Waals surface area contributed by atoms with E-state index < -0.39 is 15.8 Å². The summed E-state index contributed by atoms with van der Waals surface area (Å²) in [5, 5.41) is 8.67. The van der Waals surface area contributed by atoms with Crippen LogP contribution in [0.2, 0.25) is 5.02 Å². The molecule has 0 atom stereocenters. The lowest BCUT2D eigenvalue weighted by atomic mass is 10.2. The number of rotatable bonds is 3. The van der Waals surface area contributed by atoms with Gasteiger partial charge >= 0.3 is 0 Å². The van der Waals surface area contributed by atoms with Gasteiger partial charge in [-0.25, -0.2) is 17.8 Å². The van der Waals surface area contributed by atoms with Crippen LogP contribution in [-0.2, 0) is 10.0 Å². The van der Waals surface area contributed by atoms with E-state index in [1.807, 2.05) is 6.07 Å². The highest BCUT2D eigenvalue weighted by molar-refractivity contribution is 7.92. The van der Waals surface area contributed by atoms with Gasteiger partial charge in [0.2, 0.25) is 0 Å². The molecule has 0 unspecified atom stereocenters. The first-order valence-corrected chi connectivity index (χ1v) is 7.55. The summed E-state index contributed by atoms with van der Waals surface area (Å²) in [5.41, 5.74) is 0.206. The number of sulfonamides is 1. The van der Waals surface area contributed by atoms with Crippen molar-refractivity contribution in [2.24, 2.45) is 0 Å². The highest BCUT2D eigenvalue weighted by atomic mass is 35.5. The van der Waals surface area contributed by atoms with Crippen molar-refractivity contribution in [3.8, 4) is 6.07 Å². The Morgan fingerprint density at radius 3 is 2.81 bits per heavy atom. The maximum absolute atomic E-state index is 13.3. The van der Waals surface area contributed by atoms with Gasteiger partial charge in [0.25, 0.3) is 10.0 Å². The van der Waals surface area contributed by atoms with Crippen LogP contribution in [0.25, 0.3) is 0 Å². The number of nitrogens with zero attached hydrogens (tertiary/aromatic N) is 2. The molecule has 0 fully saturated rings. The van der Waals surface area contributed by atoms with Gasteiger partial charge in [0, 0.05) is 6.20 Å². The zero-order chi connectivity index (χ0) is 15.6. The molecule has 0 amide bonds. The Morgan fingerprint density at radius 2 is 2.14 bits per heavy atom. The number of anilines is 1. The Hall–Kier alpha value is -2.17. The molecule has 0 spiro atoms. The molecule has 0 radical (unpaired) electrons. The monoisotopic (exact) mass is 325 g/mol. The Bertz CT molecular complexity index is 847. The summed E-state index contributed by atoms with van der Waals surface area (Å²) in [4.78, 5) is 3.52. The van der Waals surface area contributed by atoms with E-state index in [0.717, 1.165) is 12.1 Å². The number of aromatic nitrogens is 1. The molecule has 5 nitrogen and oxygen atoms in total. The van der Waals surface area contributed by atoms with E-state index in [9.17, 15) is 12.8 Å². The zero-order valence-electron chi connectivity index (χ0n) is 10.8. The third kappa shape index (κ3) is 3.12. The summed E-state index contributed by atoms with van der Waals surface area (Å²) in [7, 11) is -4.08. The number of nitriles is 1. The number of pyridine rings is 1. The normalized spacial score (nSPS) is 11.0. The molecule has 2 aromatic rings. The number of halogens is 2. The molecule has 2 rings (SSSR count). The summed E-state index contributed by atoms with van der Waals surface area (Å²) in [5.74, 6) is -0.715. The van der Waals surface area contributed by atoms with Crippen molar-refractivity contribution in [3.63, 3.8) is 0 Å². The molecule has 1 aromatic heterocycles. The van der Waals surface area contributed by atoms with Crippen LogP contribution in [0.1, 0.15) is 11.1 Å². The SMILES string of the molecule is Cc1cc(S(=O)(=O)Nc2ncccc2C#N)c(Cl)cc1F. The number of benzene rings is 1. The molecule has 0 saturated carbocycles. The molecule has 8 heteroatoms. The van der Waals surface area contributed by atoms with Gasteiger partial charge < -0.3 is 0 Å². The van der Waals surface area contributed by atoms with Gasteiger partial charge in [-0.15, -0.1) is 0 Å². The van der Waals surface area contributed by atoms with E-state index >= 15 is 0 Å². The lowest BCUT2D eigenvalue weighted by Crippen LogP contribution is -2.15. The van der Waals surface area contributed by atoms with Crippen LogP contribution >= 0.6 is 11.6 Å². The van der Waals surface area contributed by atoms with Crippen molar-refractivity contribution in [1.82, 2.24) is 4.98 Å². The van der Waals surface area contributed by atoms with Gasteiger partial charge in [0.15, 0.2) is 5.82 Å². The quantitative estimate of drug-likeness (QED) is 0.940. The van der Waals surface area contributed by atoms with Crippen molar-refractivity contribution in [3.05, 3.63) is 52.4 Å². The van der Waals surface area contributed by atoms with E-state index in [1.165, 1.54) is 25.3 Å². The fourth-order valence-electron chi connectivity index (χ4n) is 1.60. The van der Waals surface area contributed by atoms with Crippen molar-refractivity contribution in [2.75, 3.05) is 4.72 Å². The smallest absolute Gasteiger partial charge is 0.262 e. The first-order chi connectivity index (χ1) is 9.85. The minimum absolute atomic E-state index is 0.0658. The fraction of sp³-hybridized carbons (Fsp3) is 0.0769. The summed E-state index contributed by atoms with van der Waals surface area (Å²) in [6.45, 7) is 1.42. The topological polar surface area (TPSA) is 82.8 Å². The molecule has 108 valence electrons. The maximum Gasteiger partial charge on any atom is 0.264 e. The number of nitrogens with one attached hydrogen (secondary N) is 1. The van der Waals surface area contributed by atoms with Gasteiger partial charge in [0.1, 0.15) is 16.8 Å². The zero-order valence-corrected chi connectivity index (χ0v) is 12.3. The third-order valence-corrected chi connectivity index (χ3v) is 4.47. The summed E-state index contributed by atoms with van der Waals surface area (Å²) >= 11 is 5.78. The fourth-order valence-corrected chi connectivity index (χ4v) is 3.23. The molecular weight excluding hydrogens is 317 g/mol. The molecule has 0 bridgehead atoms. The highest BCUT2D eigenvalue weighted by Crippen LogP contribution is 2.26. The number of hydrogen-bond donors (Lipinski definition) is 1. The van der Waals surface area contributed by atoms with Crippen LogP contribution in [0.4, 0.5) is 10.2 Å². The first kappa shape index (κ1) is 15.2. The van der Waals surface area contributed by atoms with E-state index in [0.29, 0.717) is 0 Å². The molecule has 1 heterocycles. The largest absolute Gasteiger partial charge is 0.264 e. The first-order valence-electron chi connectivity index (χ1n) is 5.69. The standard InChI is InChI=1S/C13H9ClFN3O2S/c1-8-5-12(10(14)6-11(8)15)21(19,20)18-13-9(7-16)3-2-4-17-13/h2-6H,1H3,(H,17,18). The van der Waals surface area contributed by atoms with Crippen LogP contribution < -0.4 is 4.72 Å². The third-order valence-electron chi connectivity index (χ3n) is 2.66. The van der Waals surface area contributed by atoms with Crippen LogP contribution in [0.15, 0.2) is 35.4 Å². The Morgan fingerprint density at radius 1 is 1.43 bits per heavy atom. The highest BCUT2D eigenvalue weighted by Gasteiger charge is 2.21. The summed E-state index contributed by atoms with van der Waals surface area (Å²) in [6, 6.07) is 6.79. The Kier molecular flexibility index (Phi) is 4.11. The molecule has 0 aliphatic heterocycles. The molecule has 1 N–H and O–H groups in total. The van der Waals surface area contributed by atoms with Gasteiger partial charge in [-0.2, -0.15) is 5.26 Å². The predicted molar refractivity (Wildman–Crippen MR) is 75.9 cm³/mol. The van der Waals surface area contributed by atoms with Gasteiger partial charge in [-0.1, -0.05) is 11.6 Å². The van der Waals surface area contributed by atoms with Crippen molar-refractivity contribution >= 4 is 27.4 Å². The van der Waals surface area contributed by atoms with Gasteiger partial charge in [0.05, 0.1) is 10.6 Å². The van der Waals surface area contributed by atoms with E-state index in [-0.39, 0.29) is 26.9 Å². The van der Waals surface area contributed by atoms with Crippen molar-refractivity contribution < 1.29 is 12.8 Å². The maximum atomic E-state index is 13.3.